The van der Waals surface area contributed by atoms with Gasteiger partial charge in [0, 0.05) is 6.54 Å². The maximum Gasteiger partial charge on any atom is 0.243 e. The van der Waals surface area contributed by atoms with E-state index in [-0.39, 0.29) is 5.91 Å². The lowest BCUT2D eigenvalue weighted by molar-refractivity contribution is -0.116. The molecule has 0 heterocycles. The summed E-state index contributed by atoms with van der Waals surface area (Å²) >= 11 is 0. The SMILES string of the molecule is C=CC(=O)NCCc1ccc(OCc2ccc(OC)cc2)cc1. The molecule has 23 heavy (non-hydrogen) atoms. The molecule has 4 heteroatoms. The molecule has 120 valence electrons. The molecule has 0 fully saturated rings. The van der Waals surface area contributed by atoms with Gasteiger partial charge in [0.25, 0.3) is 0 Å². The third-order valence-corrected chi connectivity index (χ3v) is 3.39. The second kappa shape index (κ2) is 8.63. The van der Waals surface area contributed by atoms with Gasteiger partial charge in [0.1, 0.15) is 18.1 Å². The van der Waals surface area contributed by atoms with Gasteiger partial charge < -0.3 is 14.8 Å². The number of carbonyl (C=O) groups is 1. The van der Waals surface area contributed by atoms with Gasteiger partial charge in [-0.25, -0.2) is 0 Å². The molecule has 1 N–H and O–H groups in total. The summed E-state index contributed by atoms with van der Waals surface area (Å²) in [5, 5.41) is 2.75. The van der Waals surface area contributed by atoms with E-state index in [2.05, 4.69) is 11.9 Å². The number of rotatable bonds is 8. The topological polar surface area (TPSA) is 47.6 Å². The molecule has 4 nitrogen and oxygen atoms in total. The van der Waals surface area contributed by atoms with E-state index in [9.17, 15) is 4.79 Å². The van der Waals surface area contributed by atoms with Crippen LogP contribution >= 0.6 is 0 Å². The maximum absolute atomic E-state index is 11.1. The van der Waals surface area contributed by atoms with Crippen molar-refractivity contribution in [1.82, 2.24) is 5.32 Å². The van der Waals surface area contributed by atoms with E-state index < -0.39 is 0 Å². The van der Waals surface area contributed by atoms with E-state index in [1.54, 1.807) is 7.11 Å². The quantitative estimate of drug-likeness (QED) is 0.762. The number of ether oxygens (including phenoxy) is 2. The Kier molecular flexibility index (Phi) is 6.24. The van der Waals surface area contributed by atoms with E-state index in [0.717, 1.165) is 29.0 Å². The smallest absolute Gasteiger partial charge is 0.243 e. The summed E-state index contributed by atoms with van der Waals surface area (Å²) in [6, 6.07) is 15.7. The molecular weight excluding hydrogens is 290 g/mol. The van der Waals surface area contributed by atoms with E-state index >= 15 is 0 Å². The fourth-order valence-corrected chi connectivity index (χ4v) is 2.04. The monoisotopic (exact) mass is 311 g/mol. The minimum Gasteiger partial charge on any atom is -0.497 e. The Balaban J connectivity index is 1.79. The van der Waals surface area contributed by atoms with E-state index in [0.29, 0.717) is 13.2 Å². The van der Waals surface area contributed by atoms with Crippen molar-refractivity contribution >= 4 is 5.91 Å². The van der Waals surface area contributed by atoms with Gasteiger partial charge in [0.15, 0.2) is 0 Å². The molecule has 0 saturated carbocycles. The Morgan fingerprint density at radius 3 is 2.26 bits per heavy atom. The van der Waals surface area contributed by atoms with Gasteiger partial charge in [-0.1, -0.05) is 30.8 Å². The first-order valence-electron chi connectivity index (χ1n) is 7.46. The van der Waals surface area contributed by atoms with Gasteiger partial charge in [-0.2, -0.15) is 0 Å². The molecule has 0 atom stereocenters. The lowest BCUT2D eigenvalue weighted by atomic mass is 10.1. The Morgan fingerprint density at radius 2 is 1.65 bits per heavy atom. The number of hydrogen-bond donors (Lipinski definition) is 1. The van der Waals surface area contributed by atoms with Crippen molar-refractivity contribution in [2.24, 2.45) is 0 Å². The Bertz CT molecular complexity index is 633. The number of nitrogens with one attached hydrogen (secondary N) is 1. The molecule has 2 rings (SSSR count). The van der Waals surface area contributed by atoms with E-state index in [1.165, 1.54) is 6.08 Å². The van der Waals surface area contributed by atoms with Crippen LogP contribution in [0, 0.1) is 0 Å². The maximum atomic E-state index is 11.1. The molecule has 0 radical (unpaired) electrons. The molecule has 2 aromatic carbocycles. The van der Waals surface area contributed by atoms with Crippen molar-refractivity contribution in [1.29, 1.82) is 0 Å². The lowest BCUT2D eigenvalue weighted by Crippen LogP contribution is -2.23. The molecule has 0 saturated heterocycles. The van der Waals surface area contributed by atoms with Crippen molar-refractivity contribution in [3.8, 4) is 11.5 Å². The fourth-order valence-electron chi connectivity index (χ4n) is 2.04. The fraction of sp³-hybridized carbons (Fsp3) is 0.211. The largest absolute Gasteiger partial charge is 0.497 e. The highest BCUT2D eigenvalue weighted by molar-refractivity contribution is 5.86. The average Bonchev–Trinajstić information content (AvgIpc) is 2.61. The van der Waals surface area contributed by atoms with Gasteiger partial charge in [-0.05, 0) is 47.9 Å². The zero-order valence-corrected chi connectivity index (χ0v) is 13.2. The number of carbonyl (C=O) groups excluding carboxylic acids is 1. The molecule has 0 aliphatic carbocycles. The highest BCUT2D eigenvalue weighted by atomic mass is 16.5. The summed E-state index contributed by atoms with van der Waals surface area (Å²) < 4.78 is 10.9. The molecule has 0 aromatic heterocycles. The Labute approximate surface area is 136 Å². The number of benzene rings is 2. The summed E-state index contributed by atoms with van der Waals surface area (Å²) in [6.45, 7) is 4.52. The van der Waals surface area contributed by atoms with Crippen molar-refractivity contribution in [3.63, 3.8) is 0 Å². The minimum absolute atomic E-state index is 0.149. The standard InChI is InChI=1S/C19H21NO3/c1-3-19(21)20-13-12-15-4-10-18(11-5-15)23-14-16-6-8-17(22-2)9-7-16/h3-11H,1,12-14H2,2H3,(H,20,21). The van der Waals surface area contributed by atoms with Gasteiger partial charge in [0.2, 0.25) is 5.91 Å². The van der Waals surface area contributed by atoms with Crippen LogP contribution in [0.25, 0.3) is 0 Å². The summed E-state index contributed by atoms with van der Waals surface area (Å²) in [4.78, 5) is 11.1. The predicted molar refractivity (Wildman–Crippen MR) is 90.7 cm³/mol. The van der Waals surface area contributed by atoms with Crippen LogP contribution in [0.1, 0.15) is 11.1 Å². The normalized spacial score (nSPS) is 9.96. The van der Waals surface area contributed by atoms with Crippen molar-refractivity contribution < 1.29 is 14.3 Å². The summed E-state index contributed by atoms with van der Waals surface area (Å²) in [5.74, 6) is 1.51. The first kappa shape index (κ1) is 16.6. The van der Waals surface area contributed by atoms with Crippen LogP contribution < -0.4 is 14.8 Å². The van der Waals surface area contributed by atoms with Gasteiger partial charge >= 0.3 is 0 Å². The lowest BCUT2D eigenvalue weighted by Gasteiger charge is -2.08. The van der Waals surface area contributed by atoms with Crippen LogP contribution in [0.5, 0.6) is 11.5 Å². The highest BCUT2D eigenvalue weighted by Gasteiger charge is 1.99. The van der Waals surface area contributed by atoms with Crippen molar-refractivity contribution in [2.75, 3.05) is 13.7 Å². The molecule has 0 bridgehead atoms. The minimum atomic E-state index is -0.149. The van der Waals surface area contributed by atoms with Gasteiger partial charge in [-0.3, -0.25) is 4.79 Å². The van der Waals surface area contributed by atoms with Gasteiger partial charge in [-0.15, -0.1) is 0 Å². The van der Waals surface area contributed by atoms with Crippen LogP contribution in [-0.4, -0.2) is 19.6 Å². The summed E-state index contributed by atoms with van der Waals surface area (Å²) in [7, 11) is 1.65. The molecule has 0 unspecified atom stereocenters. The first-order valence-corrected chi connectivity index (χ1v) is 7.46. The van der Waals surface area contributed by atoms with Crippen LogP contribution in [0.3, 0.4) is 0 Å². The second-order valence-corrected chi connectivity index (χ2v) is 5.03. The molecular formula is C19H21NO3. The van der Waals surface area contributed by atoms with Crippen molar-refractivity contribution in [2.45, 2.75) is 13.0 Å². The number of hydrogen-bond acceptors (Lipinski definition) is 3. The Morgan fingerprint density at radius 1 is 1.04 bits per heavy atom. The van der Waals surface area contributed by atoms with Gasteiger partial charge in [0.05, 0.1) is 7.11 Å². The summed E-state index contributed by atoms with van der Waals surface area (Å²) in [6.07, 6.45) is 2.05. The first-order chi connectivity index (χ1) is 11.2. The second-order valence-electron chi connectivity index (χ2n) is 5.03. The zero-order valence-electron chi connectivity index (χ0n) is 13.2. The highest BCUT2D eigenvalue weighted by Crippen LogP contribution is 2.16. The molecule has 2 aromatic rings. The molecule has 1 amide bonds. The third-order valence-electron chi connectivity index (χ3n) is 3.39. The van der Waals surface area contributed by atoms with Crippen LogP contribution in [-0.2, 0) is 17.8 Å². The van der Waals surface area contributed by atoms with Crippen LogP contribution in [0.15, 0.2) is 61.2 Å². The van der Waals surface area contributed by atoms with E-state index in [1.807, 2.05) is 48.5 Å². The molecule has 0 aliphatic heterocycles. The number of amides is 1. The third kappa shape index (κ3) is 5.51. The zero-order chi connectivity index (χ0) is 16.5. The Hall–Kier alpha value is -2.75. The van der Waals surface area contributed by atoms with Crippen molar-refractivity contribution in [3.05, 3.63) is 72.3 Å². The van der Waals surface area contributed by atoms with Crippen LogP contribution in [0.2, 0.25) is 0 Å². The predicted octanol–water partition coefficient (Wildman–Crippen LogP) is 3.12. The average molecular weight is 311 g/mol. The van der Waals surface area contributed by atoms with Crippen LogP contribution in [0.4, 0.5) is 0 Å². The van der Waals surface area contributed by atoms with E-state index in [4.69, 9.17) is 9.47 Å². The molecule has 0 aliphatic rings. The summed E-state index contributed by atoms with van der Waals surface area (Å²) in [5.41, 5.74) is 2.23. The number of methoxy groups -OCH3 is 1. The molecule has 0 spiro atoms.